The summed E-state index contributed by atoms with van der Waals surface area (Å²) in [6, 6.07) is 11.2. The molecule has 0 radical (unpaired) electrons. The molecule has 22 heavy (non-hydrogen) atoms. The van der Waals surface area contributed by atoms with Crippen molar-refractivity contribution < 1.29 is 9.53 Å². The third-order valence-electron chi connectivity index (χ3n) is 3.29. The molecule has 0 bridgehead atoms. The first kappa shape index (κ1) is 16.8. The molecule has 2 rings (SSSR count). The van der Waals surface area contributed by atoms with Crippen molar-refractivity contribution in [2.75, 3.05) is 32.6 Å². The molecule has 2 aromatic rings. The number of methoxy groups -OCH3 is 1. The molecule has 1 amide bonds. The van der Waals surface area contributed by atoms with E-state index in [2.05, 4.69) is 5.32 Å². The minimum atomic E-state index is -0.192. The first-order valence-electron chi connectivity index (χ1n) is 6.85. The topological polar surface area (TPSA) is 41.6 Å². The number of anilines is 1. The van der Waals surface area contributed by atoms with Crippen LogP contribution in [0.5, 0.6) is 0 Å². The van der Waals surface area contributed by atoms with Gasteiger partial charge >= 0.3 is 0 Å². The summed E-state index contributed by atoms with van der Waals surface area (Å²) < 4.78 is 6.13. The van der Waals surface area contributed by atoms with Crippen LogP contribution in [0.1, 0.15) is 21.3 Å². The van der Waals surface area contributed by atoms with Gasteiger partial charge in [0.15, 0.2) is 0 Å². The first-order chi connectivity index (χ1) is 10.5. The lowest BCUT2D eigenvalue weighted by atomic mass is 10.2. The predicted octanol–water partition coefficient (Wildman–Crippen LogP) is 3.59. The zero-order chi connectivity index (χ0) is 16.1. The molecule has 4 nitrogen and oxygen atoms in total. The molecule has 1 unspecified atom stereocenters. The van der Waals surface area contributed by atoms with Crippen LogP contribution in [0.4, 0.5) is 5.69 Å². The number of halogens is 1. The molecule has 1 aromatic heterocycles. The van der Waals surface area contributed by atoms with Crippen molar-refractivity contribution in [2.24, 2.45) is 0 Å². The highest BCUT2D eigenvalue weighted by Crippen LogP contribution is 2.28. The second-order valence-electron chi connectivity index (χ2n) is 5.02. The number of carbonyl (C=O) groups excluding carboxylic acids is 1. The van der Waals surface area contributed by atoms with E-state index in [1.54, 1.807) is 7.11 Å². The molecular weight excluding hydrogens is 320 g/mol. The SMILES string of the molecule is COC(CNC(=O)c1ccc(N(C)C)cc1)c1ccc(Cl)s1. The molecular formula is C16H19ClN2O2S. The van der Waals surface area contributed by atoms with Crippen molar-refractivity contribution in [3.8, 4) is 0 Å². The van der Waals surface area contributed by atoms with Crippen LogP contribution < -0.4 is 10.2 Å². The van der Waals surface area contributed by atoms with Crippen LogP contribution in [0, 0.1) is 0 Å². The predicted molar refractivity (Wildman–Crippen MR) is 92.2 cm³/mol. The van der Waals surface area contributed by atoms with Crippen LogP contribution >= 0.6 is 22.9 Å². The highest BCUT2D eigenvalue weighted by Gasteiger charge is 2.15. The van der Waals surface area contributed by atoms with Crippen molar-refractivity contribution >= 4 is 34.5 Å². The number of nitrogens with zero attached hydrogens (tertiary/aromatic N) is 1. The molecule has 0 saturated heterocycles. The van der Waals surface area contributed by atoms with Crippen molar-refractivity contribution in [3.05, 3.63) is 51.2 Å². The maximum atomic E-state index is 12.2. The summed E-state index contributed by atoms with van der Waals surface area (Å²) in [7, 11) is 5.55. The van der Waals surface area contributed by atoms with E-state index >= 15 is 0 Å². The van der Waals surface area contributed by atoms with Crippen LogP contribution in [-0.4, -0.2) is 33.7 Å². The summed E-state index contributed by atoms with van der Waals surface area (Å²) in [5, 5.41) is 2.89. The maximum Gasteiger partial charge on any atom is 0.251 e. The fourth-order valence-electron chi connectivity index (χ4n) is 2.00. The van der Waals surface area contributed by atoms with E-state index in [0.717, 1.165) is 10.6 Å². The monoisotopic (exact) mass is 338 g/mol. The number of rotatable bonds is 6. The Kier molecular flexibility index (Phi) is 5.83. The molecule has 1 atom stereocenters. The minimum absolute atomic E-state index is 0.116. The van der Waals surface area contributed by atoms with Gasteiger partial charge in [0.25, 0.3) is 5.91 Å². The molecule has 0 aliphatic heterocycles. The van der Waals surface area contributed by atoms with E-state index in [9.17, 15) is 4.79 Å². The highest BCUT2D eigenvalue weighted by atomic mass is 35.5. The van der Waals surface area contributed by atoms with Gasteiger partial charge in [0.05, 0.1) is 4.34 Å². The number of benzene rings is 1. The first-order valence-corrected chi connectivity index (χ1v) is 8.04. The molecule has 1 N–H and O–H groups in total. The van der Waals surface area contributed by atoms with E-state index in [1.165, 1.54) is 11.3 Å². The Bertz CT molecular complexity index is 625. The average Bonchev–Trinajstić information content (AvgIpc) is 2.94. The second kappa shape index (κ2) is 7.63. The van der Waals surface area contributed by atoms with Crippen molar-refractivity contribution in [3.63, 3.8) is 0 Å². The second-order valence-corrected chi connectivity index (χ2v) is 6.76. The molecule has 0 aliphatic rings. The Labute approximate surface area is 139 Å². The molecule has 0 spiro atoms. The minimum Gasteiger partial charge on any atom is -0.378 e. The van der Waals surface area contributed by atoms with Gasteiger partial charge in [-0.2, -0.15) is 0 Å². The molecule has 1 aromatic carbocycles. The van der Waals surface area contributed by atoms with Crippen LogP contribution in [0.15, 0.2) is 36.4 Å². The number of hydrogen-bond donors (Lipinski definition) is 1. The number of carbonyl (C=O) groups is 1. The summed E-state index contributed by atoms with van der Waals surface area (Å²) >= 11 is 7.39. The summed E-state index contributed by atoms with van der Waals surface area (Å²) in [5.41, 5.74) is 1.68. The van der Waals surface area contributed by atoms with Gasteiger partial charge in [0.1, 0.15) is 6.10 Å². The van der Waals surface area contributed by atoms with Crippen molar-refractivity contribution in [2.45, 2.75) is 6.10 Å². The summed E-state index contributed by atoms with van der Waals surface area (Å²) in [6.45, 7) is 0.404. The highest BCUT2D eigenvalue weighted by molar-refractivity contribution is 7.16. The largest absolute Gasteiger partial charge is 0.378 e. The molecule has 0 saturated carbocycles. The molecule has 0 fully saturated rings. The quantitative estimate of drug-likeness (QED) is 0.875. The summed E-state index contributed by atoms with van der Waals surface area (Å²) in [6.07, 6.45) is -0.192. The smallest absolute Gasteiger partial charge is 0.251 e. The number of amides is 1. The fourth-order valence-corrected chi connectivity index (χ4v) is 3.14. The van der Waals surface area contributed by atoms with Gasteiger partial charge in [-0.25, -0.2) is 0 Å². The van der Waals surface area contributed by atoms with Gasteiger partial charge < -0.3 is 15.0 Å². The Morgan fingerprint density at radius 2 is 1.95 bits per heavy atom. The van der Waals surface area contributed by atoms with Crippen LogP contribution in [-0.2, 0) is 4.74 Å². The number of hydrogen-bond acceptors (Lipinski definition) is 4. The van der Waals surface area contributed by atoms with E-state index in [0.29, 0.717) is 16.4 Å². The van der Waals surface area contributed by atoms with Crippen LogP contribution in [0.2, 0.25) is 4.34 Å². The van der Waals surface area contributed by atoms with Crippen LogP contribution in [0.3, 0.4) is 0 Å². The zero-order valence-electron chi connectivity index (χ0n) is 12.8. The van der Waals surface area contributed by atoms with Gasteiger partial charge in [-0.3, -0.25) is 4.79 Å². The van der Waals surface area contributed by atoms with E-state index < -0.39 is 0 Å². The van der Waals surface area contributed by atoms with Gasteiger partial charge in [-0.1, -0.05) is 11.6 Å². The lowest BCUT2D eigenvalue weighted by Crippen LogP contribution is -2.28. The van der Waals surface area contributed by atoms with Crippen LogP contribution in [0.25, 0.3) is 0 Å². The molecule has 118 valence electrons. The van der Waals surface area contributed by atoms with E-state index in [4.69, 9.17) is 16.3 Å². The third kappa shape index (κ3) is 4.22. The van der Waals surface area contributed by atoms with Gasteiger partial charge in [-0.05, 0) is 36.4 Å². The standard InChI is InChI=1S/C16H19ClN2O2S/c1-19(2)12-6-4-11(5-7-12)16(20)18-10-13(21-3)14-8-9-15(17)22-14/h4-9,13H,10H2,1-3H3,(H,18,20). The number of thiophene rings is 1. The fraction of sp³-hybridized carbons (Fsp3) is 0.312. The summed E-state index contributed by atoms with van der Waals surface area (Å²) in [5.74, 6) is -0.116. The zero-order valence-corrected chi connectivity index (χ0v) is 14.4. The Balaban J connectivity index is 1.96. The Morgan fingerprint density at radius 3 is 2.45 bits per heavy atom. The molecule has 6 heteroatoms. The number of nitrogens with one attached hydrogen (secondary N) is 1. The Hall–Kier alpha value is -1.56. The normalized spacial score (nSPS) is 12.0. The van der Waals surface area contributed by atoms with Gasteiger partial charge in [0, 0.05) is 43.9 Å². The Morgan fingerprint density at radius 1 is 1.27 bits per heavy atom. The maximum absolute atomic E-state index is 12.2. The van der Waals surface area contributed by atoms with Gasteiger partial charge in [-0.15, -0.1) is 11.3 Å². The lowest BCUT2D eigenvalue weighted by molar-refractivity contribution is 0.0837. The van der Waals surface area contributed by atoms with E-state index in [1.807, 2.05) is 55.4 Å². The third-order valence-corrected chi connectivity index (χ3v) is 4.61. The molecule has 0 aliphatic carbocycles. The lowest BCUT2D eigenvalue weighted by Gasteiger charge is -2.15. The van der Waals surface area contributed by atoms with Crippen molar-refractivity contribution in [1.29, 1.82) is 0 Å². The van der Waals surface area contributed by atoms with Gasteiger partial charge in [0.2, 0.25) is 0 Å². The number of ether oxygens (including phenoxy) is 1. The van der Waals surface area contributed by atoms with E-state index in [-0.39, 0.29) is 12.0 Å². The average molecular weight is 339 g/mol. The van der Waals surface area contributed by atoms with Crippen molar-refractivity contribution in [1.82, 2.24) is 5.32 Å². The summed E-state index contributed by atoms with van der Waals surface area (Å²) in [4.78, 5) is 15.2. The molecule has 1 heterocycles.